The molecule has 0 aliphatic carbocycles. The molecule has 0 spiro atoms. The van der Waals surface area contributed by atoms with Gasteiger partial charge in [-0.25, -0.2) is 4.98 Å². The number of amides is 2. The number of aliphatic carboxylic acids is 1. The number of hydrogen-bond acceptors (Lipinski definition) is 4. The Morgan fingerprint density at radius 3 is 2.79 bits per heavy atom. The van der Waals surface area contributed by atoms with Gasteiger partial charge < -0.3 is 20.3 Å². The molecule has 126 valence electrons. The summed E-state index contributed by atoms with van der Waals surface area (Å²) in [5.41, 5.74) is 0.747. The number of carbonyl (C=O) groups excluding carboxylic acids is 2. The molecule has 0 aliphatic heterocycles. The van der Waals surface area contributed by atoms with E-state index >= 15 is 0 Å². The summed E-state index contributed by atoms with van der Waals surface area (Å²) in [5, 5.41) is 13.9. The van der Waals surface area contributed by atoms with Gasteiger partial charge in [0, 0.05) is 36.6 Å². The predicted molar refractivity (Wildman–Crippen MR) is 86.5 cm³/mol. The van der Waals surface area contributed by atoms with Crippen molar-refractivity contribution >= 4 is 23.5 Å². The molecule has 1 heterocycles. The number of imidazole rings is 1. The van der Waals surface area contributed by atoms with Crippen LogP contribution in [0.2, 0.25) is 0 Å². The van der Waals surface area contributed by atoms with Gasteiger partial charge in [0.05, 0.1) is 6.33 Å². The van der Waals surface area contributed by atoms with Crippen molar-refractivity contribution in [3.05, 3.63) is 48.5 Å². The van der Waals surface area contributed by atoms with Gasteiger partial charge in [0.15, 0.2) is 0 Å². The average molecular weight is 330 g/mol. The summed E-state index contributed by atoms with van der Waals surface area (Å²) in [7, 11) is 0. The molecule has 0 unspecified atom stereocenters. The molecule has 0 bridgehead atoms. The molecule has 2 amide bonds. The van der Waals surface area contributed by atoms with Crippen LogP contribution in [0.1, 0.15) is 23.7 Å². The van der Waals surface area contributed by atoms with Gasteiger partial charge in [-0.15, -0.1) is 0 Å². The Hall–Kier alpha value is -3.16. The lowest BCUT2D eigenvalue weighted by Crippen LogP contribution is -2.38. The highest BCUT2D eigenvalue weighted by atomic mass is 16.4. The lowest BCUT2D eigenvalue weighted by atomic mass is 10.1. The van der Waals surface area contributed by atoms with Crippen molar-refractivity contribution in [1.29, 1.82) is 0 Å². The number of benzene rings is 1. The summed E-state index contributed by atoms with van der Waals surface area (Å²) in [6.07, 6.45) is 5.30. The number of nitrogens with zero attached hydrogens (tertiary/aromatic N) is 2. The second-order valence-corrected chi connectivity index (χ2v) is 5.21. The number of rotatable bonds is 7. The van der Waals surface area contributed by atoms with Crippen LogP contribution in [-0.2, 0) is 16.1 Å². The average Bonchev–Trinajstić information content (AvgIpc) is 3.06. The summed E-state index contributed by atoms with van der Waals surface area (Å²) in [4.78, 5) is 38.6. The first kappa shape index (κ1) is 17.2. The lowest BCUT2D eigenvalue weighted by Gasteiger charge is -2.11. The smallest absolute Gasteiger partial charge is 0.325 e. The molecule has 3 N–H and O–H groups in total. The van der Waals surface area contributed by atoms with Crippen molar-refractivity contribution in [2.75, 3.05) is 5.32 Å². The van der Waals surface area contributed by atoms with Crippen LogP contribution >= 0.6 is 0 Å². The number of anilines is 1. The fourth-order valence-electron chi connectivity index (χ4n) is 1.95. The second-order valence-electron chi connectivity index (χ2n) is 5.21. The number of carbonyl (C=O) groups is 3. The van der Waals surface area contributed by atoms with Crippen LogP contribution in [0.15, 0.2) is 43.0 Å². The number of carboxylic acid groups (broad SMARTS) is 1. The molecular formula is C16H18N4O4. The van der Waals surface area contributed by atoms with E-state index in [2.05, 4.69) is 15.6 Å². The van der Waals surface area contributed by atoms with Gasteiger partial charge in [-0.1, -0.05) is 6.07 Å². The molecule has 0 radical (unpaired) electrons. The Bertz CT molecular complexity index is 727. The zero-order valence-corrected chi connectivity index (χ0v) is 13.1. The first-order chi connectivity index (χ1) is 11.5. The van der Waals surface area contributed by atoms with Crippen molar-refractivity contribution in [3.63, 3.8) is 0 Å². The highest BCUT2D eigenvalue weighted by Gasteiger charge is 2.15. The van der Waals surface area contributed by atoms with E-state index < -0.39 is 17.9 Å². The second kappa shape index (κ2) is 7.91. The Balaban J connectivity index is 1.93. The molecular weight excluding hydrogens is 312 g/mol. The Morgan fingerprint density at radius 1 is 1.33 bits per heavy atom. The largest absolute Gasteiger partial charge is 0.480 e. The lowest BCUT2D eigenvalue weighted by molar-refractivity contribution is -0.138. The maximum absolute atomic E-state index is 12.0. The zero-order chi connectivity index (χ0) is 17.5. The van der Waals surface area contributed by atoms with Crippen LogP contribution in [0.3, 0.4) is 0 Å². The number of hydrogen-bond donors (Lipinski definition) is 3. The van der Waals surface area contributed by atoms with E-state index in [0.717, 1.165) is 0 Å². The van der Waals surface area contributed by atoms with Crippen LogP contribution < -0.4 is 10.6 Å². The van der Waals surface area contributed by atoms with Crippen LogP contribution in [0.25, 0.3) is 0 Å². The van der Waals surface area contributed by atoms with Gasteiger partial charge in [-0.2, -0.15) is 0 Å². The van der Waals surface area contributed by atoms with Crippen LogP contribution in [0.4, 0.5) is 5.69 Å². The molecule has 2 rings (SSSR count). The molecule has 0 saturated heterocycles. The summed E-state index contributed by atoms with van der Waals surface area (Å²) in [6, 6.07) is 5.33. The fraction of sp³-hybridized carbons (Fsp3) is 0.250. The van der Waals surface area contributed by atoms with Crippen molar-refractivity contribution in [2.24, 2.45) is 0 Å². The topological polar surface area (TPSA) is 113 Å². The van der Waals surface area contributed by atoms with Gasteiger partial charge in [0.2, 0.25) is 5.91 Å². The third-order valence-electron chi connectivity index (χ3n) is 3.28. The van der Waals surface area contributed by atoms with Gasteiger partial charge >= 0.3 is 5.97 Å². The fourth-order valence-corrected chi connectivity index (χ4v) is 1.95. The molecule has 8 heteroatoms. The van der Waals surface area contributed by atoms with Gasteiger partial charge in [-0.3, -0.25) is 14.4 Å². The van der Waals surface area contributed by atoms with Gasteiger partial charge in [-0.05, 0) is 25.1 Å². The minimum atomic E-state index is -1.12. The maximum Gasteiger partial charge on any atom is 0.325 e. The van der Waals surface area contributed by atoms with Gasteiger partial charge in [0.25, 0.3) is 5.91 Å². The van der Waals surface area contributed by atoms with Crippen LogP contribution in [-0.4, -0.2) is 38.5 Å². The van der Waals surface area contributed by atoms with E-state index in [1.165, 1.54) is 13.0 Å². The highest BCUT2D eigenvalue weighted by molar-refractivity contribution is 5.98. The number of nitrogens with one attached hydrogen (secondary N) is 2. The normalized spacial score (nSPS) is 11.5. The highest BCUT2D eigenvalue weighted by Crippen LogP contribution is 2.11. The van der Waals surface area contributed by atoms with E-state index in [-0.39, 0.29) is 17.9 Å². The summed E-state index contributed by atoms with van der Waals surface area (Å²) < 4.78 is 1.79. The van der Waals surface area contributed by atoms with Crippen molar-refractivity contribution in [1.82, 2.24) is 14.9 Å². The van der Waals surface area contributed by atoms with Crippen LogP contribution in [0.5, 0.6) is 0 Å². The minimum absolute atomic E-state index is 0.194. The third kappa shape index (κ3) is 4.94. The number of aryl methyl sites for hydroxylation is 1. The molecule has 8 nitrogen and oxygen atoms in total. The van der Waals surface area contributed by atoms with Gasteiger partial charge in [0.1, 0.15) is 6.04 Å². The molecule has 24 heavy (non-hydrogen) atoms. The standard InChI is InChI=1S/C16H18N4O4/c1-11(16(23)24)18-15(22)12-3-2-4-13(9-12)19-14(21)5-7-20-8-6-17-10-20/h2-4,6,8-11H,5,7H2,1H3,(H,18,22)(H,19,21)(H,23,24)/t11-/m0/s1. The SMILES string of the molecule is C[C@H](NC(=O)c1cccc(NC(=O)CCn2ccnc2)c1)C(=O)O. The number of carboxylic acids is 1. The molecule has 1 atom stereocenters. The zero-order valence-electron chi connectivity index (χ0n) is 13.1. The quantitative estimate of drug-likeness (QED) is 0.704. The summed E-state index contributed by atoms with van der Waals surface area (Å²) >= 11 is 0. The van der Waals surface area contributed by atoms with E-state index in [1.807, 2.05) is 0 Å². The Kier molecular flexibility index (Phi) is 5.67. The number of aromatic nitrogens is 2. The van der Waals surface area contributed by atoms with E-state index in [1.54, 1.807) is 41.5 Å². The van der Waals surface area contributed by atoms with Crippen LogP contribution in [0, 0.1) is 0 Å². The van der Waals surface area contributed by atoms with Crippen molar-refractivity contribution in [3.8, 4) is 0 Å². The van der Waals surface area contributed by atoms with E-state index in [9.17, 15) is 14.4 Å². The first-order valence-corrected chi connectivity index (χ1v) is 7.35. The van der Waals surface area contributed by atoms with Crippen molar-refractivity contribution in [2.45, 2.75) is 25.9 Å². The monoisotopic (exact) mass is 330 g/mol. The summed E-state index contributed by atoms with van der Waals surface area (Å²) in [5.74, 6) is -1.83. The Labute approximate surface area is 138 Å². The van der Waals surface area contributed by atoms with E-state index in [0.29, 0.717) is 12.2 Å². The molecule has 0 saturated carbocycles. The molecule has 0 fully saturated rings. The first-order valence-electron chi connectivity index (χ1n) is 7.35. The maximum atomic E-state index is 12.0. The molecule has 2 aromatic rings. The predicted octanol–water partition coefficient (Wildman–Crippen LogP) is 1.11. The third-order valence-corrected chi connectivity index (χ3v) is 3.28. The van der Waals surface area contributed by atoms with E-state index in [4.69, 9.17) is 5.11 Å². The minimum Gasteiger partial charge on any atom is -0.480 e. The molecule has 1 aromatic heterocycles. The summed E-state index contributed by atoms with van der Waals surface area (Å²) in [6.45, 7) is 1.88. The Morgan fingerprint density at radius 2 is 2.12 bits per heavy atom. The molecule has 0 aliphatic rings. The van der Waals surface area contributed by atoms with Crippen molar-refractivity contribution < 1.29 is 19.5 Å². The molecule has 1 aromatic carbocycles.